The molecule has 0 aromatic heterocycles. The fraction of sp³-hybridized carbons (Fsp3) is 0.0455. The van der Waals surface area contributed by atoms with Gasteiger partial charge >= 0.3 is 0 Å². The summed E-state index contributed by atoms with van der Waals surface area (Å²) in [4.78, 5) is 4.29. The second-order valence-electron chi connectivity index (χ2n) is 24.1. The van der Waals surface area contributed by atoms with Gasteiger partial charge in [0.05, 0.1) is 10.8 Å². The molecule has 2 aliphatic carbocycles. The van der Waals surface area contributed by atoms with E-state index in [0.717, 1.165) is 123 Å². The number of anilines is 6. The maximum Gasteiger partial charge on any atom is 0.125 e. The lowest BCUT2D eigenvalue weighted by molar-refractivity contribution is 0.363. The molecule has 0 aliphatic heterocycles. The quantitative estimate of drug-likeness (QED) is 0.0849. The molecule has 0 radical (unpaired) electrons. The number of rotatable bonds is 17. The number of benzene rings is 14. The van der Waals surface area contributed by atoms with Crippen LogP contribution in [0.1, 0.15) is 44.5 Å². The summed E-state index contributed by atoms with van der Waals surface area (Å²) in [5, 5.41) is 4.61. The molecule has 4 nitrogen and oxygen atoms in total. The Bertz CT molecular complexity index is 4910. The highest BCUT2D eigenvalue weighted by Gasteiger charge is 2.48. The Balaban J connectivity index is 0.793. The van der Waals surface area contributed by atoms with Gasteiger partial charge in [-0.3, -0.25) is 0 Å². The highest BCUT2D eigenvalue weighted by Crippen LogP contribution is 2.60. The smallest absolute Gasteiger partial charge is 0.125 e. The number of hydrogen-bond donors (Lipinski definition) is 0. The second-order valence-corrected chi connectivity index (χ2v) is 24.1. The average Bonchev–Trinajstić information content (AvgIpc) is 1.52. The van der Waals surface area contributed by atoms with Crippen molar-refractivity contribution in [1.29, 1.82) is 0 Å². The number of ether oxygens (including phenoxy) is 2. The third-order valence-corrected chi connectivity index (χ3v) is 19.0. The molecule has 16 rings (SSSR count). The molecule has 0 saturated heterocycles. The van der Waals surface area contributed by atoms with E-state index in [4.69, 9.17) is 9.47 Å². The Hall–Kier alpha value is -11.9. The zero-order valence-electron chi connectivity index (χ0n) is 51.5. The molecule has 0 bridgehead atoms. The topological polar surface area (TPSA) is 24.9 Å². The molecular weight excluding hydrogens is 1150 g/mol. The molecule has 2 unspecified atom stereocenters. The van der Waals surface area contributed by atoms with E-state index in [-0.39, 0.29) is 11.6 Å². The molecule has 2 aliphatic rings. The number of halogens is 2. The van der Waals surface area contributed by atoms with Crippen LogP contribution in [0, 0.1) is 11.6 Å². The van der Waals surface area contributed by atoms with Gasteiger partial charge in [0.15, 0.2) is 0 Å². The molecule has 450 valence electrons. The van der Waals surface area contributed by atoms with Crippen molar-refractivity contribution in [2.45, 2.75) is 10.8 Å². The molecule has 0 heterocycles. The zero-order chi connectivity index (χ0) is 63.3. The van der Waals surface area contributed by atoms with Gasteiger partial charge in [-0.25, -0.2) is 8.78 Å². The summed E-state index contributed by atoms with van der Waals surface area (Å²) in [5.41, 5.74) is 18.9. The van der Waals surface area contributed by atoms with Gasteiger partial charge in [0.25, 0.3) is 0 Å². The molecule has 2 atom stereocenters. The van der Waals surface area contributed by atoms with Crippen LogP contribution < -0.4 is 19.3 Å². The van der Waals surface area contributed by atoms with Crippen molar-refractivity contribution >= 4 is 55.7 Å². The highest BCUT2D eigenvalue weighted by atomic mass is 19.1. The van der Waals surface area contributed by atoms with Gasteiger partial charge in [0, 0.05) is 34.1 Å². The van der Waals surface area contributed by atoms with Crippen molar-refractivity contribution < 1.29 is 18.3 Å². The molecule has 14 aromatic carbocycles. The Morgan fingerprint density at radius 1 is 0.287 bits per heavy atom. The lowest BCUT2D eigenvalue weighted by Crippen LogP contribution is -2.29. The molecule has 0 amide bonds. The number of nitrogens with zero attached hydrogens (tertiary/aromatic N) is 2. The van der Waals surface area contributed by atoms with E-state index in [9.17, 15) is 0 Å². The van der Waals surface area contributed by atoms with E-state index < -0.39 is 10.8 Å². The van der Waals surface area contributed by atoms with E-state index in [1.807, 2.05) is 12.1 Å². The summed E-state index contributed by atoms with van der Waals surface area (Å²) in [6, 6.07) is 109. The van der Waals surface area contributed by atoms with E-state index in [2.05, 4.69) is 290 Å². The Morgan fingerprint density at radius 3 is 1.04 bits per heavy atom. The summed E-state index contributed by atoms with van der Waals surface area (Å²) in [7, 11) is 0. The van der Waals surface area contributed by atoms with Gasteiger partial charge < -0.3 is 19.3 Å². The molecule has 0 fully saturated rings. The first kappa shape index (κ1) is 57.3. The van der Waals surface area contributed by atoms with Crippen molar-refractivity contribution in [1.82, 2.24) is 0 Å². The maximum absolute atomic E-state index is 15.7. The summed E-state index contributed by atoms with van der Waals surface area (Å²) in [6.07, 6.45) is 3.51. The SMILES string of the molecule is C=CCOc1ccc(C2(c3ccc4ccccc4c3)c3ccccc3-c3ccc(N(c4ccc(-c5ccc(N(c6cccc(F)c6)c6ccc7c(c6)C(c6ccc(OCC=C)cc6)(c6ccc8ccccc8c6)c6ccccc6-7)cc5)cc4)c4cccc(F)c4)cc32)cc1. The molecule has 6 heteroatoms. The molecular formula is C88H62F2N2O2. The molecule has 0 N–H and O–H groups in total. The van der Waals surface area contributed by atoms with Gasteiger partial charge in [-0.2, -0.15) is 0 Å². The predicted octanol–water partition coefficient (Wildman–Crippen LogP) is 22.7. The molecule has 0 spiro atoms. The molecule has 0 saturated carbocycles. The van der Waals surface area contributed by atoms with E-state index in [1.165, 1.54) is 23.3 Å². The van der Waals surface area contributed by atoms with Crippen LogP contribution in [0.25, 0.3) is 54.9 Å². The third kappa shape index (κ3) is 9.64. The van der Waals surface area contributed by atoms with Gasteiger partial charge in [-0.05, 0) is 221 Å². The van der Waals surface area contributed by atoms with Crippen molar-refractivity contribution in [3.63, 3.8) is 0 Å². The first-order valence-corrected chi connectivity index (χ1v) is 31.8. The molecule has 14 aromatic rings. The summed E-state index contributed by atoms with van der Waals surface area (Å²) in [6.45, 7) is 8.55. The van der Waals surface area contributed by atoms with Crippen LogP contribution >= 0.6 is 0 Å². The van der Waals surface area contributed by atoms with Crippen LogP contribution in [-0.2, 0) is 10.8 Å². The normalized spacial score (nSPS) is 15.0. The largest absolute Gasteiger partial charge is 0.490 e. The van der Waals surface area contributed by atoms with E-state index >= 15 is 8.78 Å². The minimum Gasteiger partial charge on any atom is -0.490 e. The zero-order valence-corrected chi connectivity index (χ0v) is 51.5. The Labute approximate surface area is 546 Å². The lowest BCUT2D eigenvalue weighted by Gasteiger charge is -2.35. The fourth-order valence-corrected chi connectivity index (χ4v) is 14.9. The van der Waals surface area contributed by atoms with Gasteiger partial charge in [-0.1, -0.05) is 219 Å². The van der Waals surface area contributed by atoms with Crippen molar-refractivity contribution in [3.8, 4) is 44.9 Å². The lowest BCUT2D eigenvalue weighted by atomic mass is 9.67. The van der Waals surface area contributed by atoms with Gasteiger partial charge in [0.2, 0.25) is 0 Å². The predicted molar refractivity (Wildman–Crippen MR) is 382 cm³/mol. The van der Waals surface area contributed by atoms with E-state index in [0.29, 0.717) is 24.6 Å². The Kier molecular flexibility index (Phi) is 14.5. The van der Waals surface area contributed by atoms with E-state index in [1.54, 1.807) is 36.4 Å². The van der Waals surface area contributed by atoms with Crippen LogP contribution in [0.2, 0.25) is 0 Å². The maximum atomic E-state index is 15.7. The van der Waals surface area contributed by atoms with Crippen LogP contribution in [0.4, 0.5) is 42.9 Å². The summed E-state index contributed by atoms with van der Waals surface area (Å²) < 4.78 is 43.5. The van der Waals surface area contributed by atoms with Crippen molar-refractivity contribution in [3.05, 3.63) is 397 Å². The minimum atomic E-state index is -0.750. The summed E-state index contributed by atoms with van der Waals surface area (Å²) in [5.74, 6) is 0.853. The number of hydrogen-bond acceptors (Lipinski definition) is 4. The van der Waals surface area contributed by atoms with Crippen LogP contribution in [0.15, 0.2) is 341 Å². The van der Waals surface area contributed by atoms with Crippen LogP contribution in [0.3, 0.4) is 0 Å². The minimum absolute atomic E-state index is 0.334. The first-order valence-electron chi connectivity index (χ1n) is 31.8. The first-order chi connectivity index (χ1) is 46.3. The van der Waals surface area contributed by atoms with Crippen molar-refractivity contribution in [2.24, 2.45) is 0 Å². The van der Waals surface area contributed by atoms with Gasteiger partial charge in [-0.15, -0.1) is 0 Å². The van der Waals surface area contributed by atoms with Crippen LogP contribution in [-0.4, -0.2) is 13.2 Å². The van der Waals surface area contributed by atoms with Gasteiger partial charge in [0.1, 0.15) is 36.3 Å². The second kappa shape index (κ2) is 23.7. The average molecular weight is 1220 g/mol. The van der Waals surface area contributed by atoms with Crippen LogP contribution in [0.5, 0.6) is 11.5 Å². The monoisotopic (exact) mass is 1220 g/mol. The number of fused-ring (bicyclic) bond motifs is 8. The third-order valence-electron chi connectivity index (χ3n) is 19.0. The van der Waals surface area contributed by atoms with Crippen molar-refractivity contribution in [2.75, 3.05) is 23.0 Å². The standard InChI is InChI=1S/C88H62F2N2O2/c1-3-51-93-77-45-35-65(36-46-77)87(67-33-27-59-15-5-7-17-63(59)53-67)83-25-11-9-23-79(83)81-49-43-75(57-85(81)87)91(73-21-13-19-69(89)55-73)71-39-29-61(30-40-71)62-31-41-72(42-32-62)92(74-22-14-20-70(90)56-74)76-44-50-82-80-24-10-12-26-84(80)88(86(82)58-76,66-37-47-78(48-38-66)94-52-4-2)68-34-28-60-16-6-8-18-64(60)54-68/h3-50,53-58H,1-2,51-52H2. The Morgan fingerprint density at radius 2 is 0.638 bits per heavy atom. The summed E-state index contributed by atoms with van der Waals surface area (Å²) >= 11 is 0. The highest BCUT2D eigenvalue weighted by molar-refractivity contribution is 5.94. The fourth-order valence-electron chi connectivity index (χ4n) is 14.9. The molecule has 94 heavy (non-hydrogen) atoms.